The summed E-state index contributed by atoms with van der Waals surface area (Å²) in [6.45, 7) is 7.88. The first-order valence-electron chi connectivity index (χ1n) is 8.92. The zero-order valence-corrected chi connectivity index (χ0v) is 16.3. The van der Waals surface area contributed by atoms with Gasteiger partial charge in [-0.2, -0.15) is 0 Å². The lowest BCUT2D eigenvalue weighted by atomic mass is 10.0. The first-order chi connectivity index (χ1) is 11.6. The predicted molar refractivity (Wildman–Crippen MR) is 95.4 cm³/mol. The Balaban J connectivity index is 2.07. The van der Waals surface area contributed by atoms with Crippen molar-refractivity contribution >= 4 is 21.8 Å². The van der Waals surface area contributed by atoms with Crippen molar-refractivity contribution in [3.8, 4) is 0 Å². The van der Waals surface area contributed by atoms with E-state index in [1.165, 1.54) is 0 Å². The summed E-state index contributed by atoms with van der Waals surface area (Å²) < 4.78 is 25.6. The summed E-state index contributed by atoms with van der Waals surface area (Å²) in [7, 11) is -3.29. The molecule has 0 spiro atoms. The molecule has 2 N–H and O–H groups in total. The fraction of sp³-hybridized carbons (Fsp3) is 0.875. The molecule has 0 bridgehead atoms. The second kappa shape index (κ2) is 8.01. The summed E-state index contributed by atoms with van der Waals surface area (Å²) in [5, 5.41) is 2.86. The first kappa shape index (κ1) is 20.1. The van der Waals surface area contributed by atoms with Crippen molar-refractivity contribution in [3.05, 3.63) is 0 Å². The molecule has 2 aliphatic heterocycles. The van der Waals surface area contributed by atoms with E-state index in [0.717, 1.165) is 19.2 Å². The normalized spacial score (nSPS) is 27.6. The molecule has 0 unspecified atom stereocenters. The van der Waals surface area contributed by atoms with Gasteiger partial charge in [-0.25, -0.2) is 13.1 Å². The smallest absolute Gasteiger partial charge is 0.242 e. The maximum absolute atomic E-state index is 12.9. The van der Waals surface area contributed by atoms with Crippen LogP contribution in [0.15, 0.2) is 0 Å². The van der Waals surface area contributed by atoms with Gasteiger partial charge in [-0.05, 0) is 19.4 Å². The van der Waals surface area contributed by atoms with Gasteiger partial charge in [-0.3, -0.25) is 14.5 Å². The van der Waals surface area contributed by atoms with Gasteiger partial charge in [0.25, 0.3) is 0 Å². The van der Waals surface area contributed by atoms with Gasteiger partial charge in [0.05, 0.1) is 6.26 Å². The fourth-order valence-corrected chi connectivity index (χ4v) is 4.42. The van der Waals surface area contributed by atoms with Crippen molar-refractivity contribution in [1.82, 2.24) is 19.8 Å². The molecule has 2 fully saturated rings. The monoisotopic (exact) mass is 374 g/mol. The number of hydrogen-bond acceptors (Lipinski definition) is 5. The van der Waals surface area contributed by atoms with Gasteiger partial charge in [-0.15, -0.1) is 0 Å². The molecule has 25 heavy (non-hydrogen) atoms. The number of amides is 2. The van der Waals surface area contributed by atoms with Gasteiger partial charge in [0.1, 0.15) is 6.04 Å². The quantitative estimate of drug-likeness (QED) is 0.618. The van der Waals surface area contributed by atoms with Crippen molar-refractivity contribution in [1.29, 1.82) is 0 Å². The van der Waals surface area contributed by atoms with Crippen LogP contribution in [0.1, 0.15) is 33.6 Å². The van der Waals surface area contributed by atoms with E-state index in [2.05, 4.69) is 21.9 Å². The van der Waals surface area contributed by atoms with Crippen LogP contribution in [0.4, 0.5) is 0 Å². The van der Waals surface area contributed by atoms with Gasteiger partial charge in [0.2, 0.25) is 21.8 Å². The minimum Gasteiger partial charge on any atom is -0.354 e. The summed E-state index contributed by atoms with van der Waals surface area (Å²) in [4.78, 5) is 28.7. The maximum atomic E-state index is 12.9. The van der Waals surface area contributed by atoms with Gasteiger partial charge < -0.3 is 10.2 Å². The van der Waals surface area contributed by atoms with Gasteiger partial charge >= 0.3 is 0 Å². The Morgan fingerprint density at radius 3 is 2.56 bits per heavy atom. The standard InChI is InChI=1S/C16H30N4O4S/c1-5-6-19-10-13-7-12(18-25(4,23)24)9-20(13)16(22)14(19)8-17-15(21)11(2)3/h11-14,18H,5-10H2,1-4H3,(H,17,21)/t12-,13-,14-/m0/s1. The Kier molecular flexibility index (Phi) is 6.45. The van der Waals surface area contributed by atoms with Crippen LogP contribution in [0.2, 0.25) is 0 Å². The molecule has 2 aliphatic rings. The molecule has 2 heterocycles. The Hall–Kier alpha value is -1.19. The van der Waals surface area contributed by atoms with E-state index in [1.54, 1.807) is 4.90 Å². The molecule has 2 saturated heterocycles. The summed E-state index contributed by atoms with van der Waals surface area (Å²) in [6, 6.07) is -0.595. The van der Waals surface area contributed by atoms with Gasteiger partial charge in [0.15, 0.2) is 0 Å². The highest BCUT2D eigenvalue weighted by molar-refractivity contribution is 7.88. The third-order valence-corrected chi connectivity index (χ3v) is 5.52. The van der Waals surface area contributed by atoms with Crippen LogP contribution in [-0.2, 0) is 19.6 Å². The zero-order valence-electron chi connectivity index (χ0n) is 15.5. The molecular formula is C16H30N4O4S. The Bertz CT molecular complexity index is 607. The SMILES string of the molecule is CCCN1C[C@@H]2C[C@H](NS(C)(=O)=O)CN2C(=O)[C@@H]1CNC(=O)C(C)C. The third kappa shape index (κ3) is 5.15. The number of carbonyl (C=O) groups excluding carboxylic acids is 2. The number of fused-ring (bicyclic) bond motifs is 1. The molecule has 2 amide bonds. The summed E-state index contributed by atoms with van der Waals surface area (Å²) in [5.74, 6) is -0.211. The Labute approximate surface area is 150 Å². The maximum Gasteiger partial charge on any atom is 0.242 e. The highest BCUT2D eigenvalue weighted by Crippen LogP contribution is 2.26. The van der Waals surface area contributed by atoms with Crippen LogP contribution >= 0.6 is 0 Å². The van der Waals surface area contributed by atoms with Gasteiger partial charge in [-0.1, -0.05) is 20.8 Å². The second-order valence-electron chi connectivity index (χ2n) is 7.38. The number of nitrogens with one attached hydrogen (secondary N) is 2. The highest BCUT2D eigenvalue weighted by atomic mass is 32.2. The lowest BCUT2D eigenvalue weighted by Crippen LogP contribution is -2.62. The minimum absolute atomic E-state index is 0.0217. The van der Waals surface area contributed by atoms with Crippen LogP contribution in [0.3, 0.4) is 0 Å². The number of nitrogens with zero attached hydrogens (tertiary/aromatic N) is 2. The van der Waals surface area contributed by atoms with Crippen LogP contribution in [0.25, 0.3) is 0 Å². The lowest BCUT2D eigenvalue weighted by Gasteiger charge is -2.42. The molecule has 8 nitrogen and oxygen atoms in total. The number of carbonyl (C=O) groups is 2. The molecule has 0 aromatic heterocycles. The molecule has 3 atom stereocenters. The zero-order chi connectivity index (χ0) is 18.8. The fourth-order valence-electron chi connectivity index (χ4n) is 3.65. The molecule has 0 aromatic rings. The van der Waals surface area contributed by atoms with Crippen molar-refractivity contribution in [2.45, 2.75) is 51.7 Å². The van der Waals surface area contributed by atoms with Crippen molar-refractivity contribution in [3.63, 3.8) is 0 Å². The third-order valence-electron chi connectivity index (χ3n) is 4.75. The molecular weight excluding hydrogens is 344 g/mol. The molecule has 0 radical (unpaired) electrons. The molecule has 0 aromatic carbocycles. The minimum atomic E-state index is -3.29. The average molecular weight is 375 g/mol. The van der Waals surface area contributed by atoms with Crippen molar-refractivity contribution < 1.29 is 18.0 Å². The molecule has 9 heteroatoms. The summed E-state index contributed by atoms with van der Waals surface area (Å²) >= 11 is 0. The molecule has 0 saturated carbocycles. The highest BCUT2D eigenvalue weighted by Gasteiger charge is 2.45. The van der Waals surface area contributed by atoms with Crippen molar-refractivity contribution in [2.75, 3.05) is 32.4 Å². The van der Waals surface area contributed by atoms with E-state index in [0.29, 0.717) is 26.1 Å². The molecule has 0 aliphatic carbocycles. The van der Waals surface area contributed by atoms with E-state index in [-0.39, 0.29) is 35.9 Å². The Morgan fingerprint density at radius 1 is 1.32 bits per heavy atom. The first-order valence-corrected chi connectivity index (χ1v) is 10.8. The van der Waals surface area contributed by atoms with E-state index >= 15 is 0 Å². The molecule has 2 rings (SSSR count). The number of piperazine rings is 1. The van der Waals surface area contributed by atoms with E-state index < -0.39 is 10.0 Å². The lowest BCUT2D eigenvalue weighted by molar-refractivity contribution is -0.143. The Morgan fingerprint density at radius 2 is 2.00 bits per heavy atom. The van der Waals surface area contributed by atoms with E-state index in [9.17, 15) is 18.0 Å². The van der Waals surface area contributed by atoms with Crippen LogP contribution in [0.5, 0.6) is 0 Å². The number of hydrogen-bond donors (Lipinski definition) is 2. The topological polar surface area (TPSA) is 98.8 Å². The number of sulfonamides is 1. The average Bonchev–Trinajstić information content (AvgIpc) is 2.87. The largest absolute Gasteiger partial charge is 0.354 e. The van der Waals surface area contributed by atoms with Crippen LogP contribution in [-0.4, -0.2) is 80.6 Å². The second-order valence-corrected chi connectivity index (χ2v) is 9.16. The number of rotatable bonds is 7. The van der Waals surface area contributed by atoms with Crippen LogP contribution in [0, 0.1) is 5.92 Å². The van der Waals surface area contributed by atoms with Gasteiger partial charge in [0, 0.05) is 37.6 Å². The van der Waals surface area contributed by atoms with E-state index in [4.69, 9.17) is 0 Å². The van der Waals surface area contributed by atoms with Crippen molar-refractivity contribution in [2.24, 2.45) is 5.92 Å². The summed E-state index contributed by atoms with van der Waals surface area (Å²) in [6.07, 6.45) is 2.68. The van der Waals surface area contributed by atoms with Crippen LogP contribution < -0.4 is 10.0 Å². The van der Waals surface area contributed by atoms with E-state index in [1.807, 2.05) is 13.8 Å². The summed E-state index contributed by atoms with van der Waals surface area (Å²) in [5.41, 5.74) is 0. The predicted octanol–water partition coefficient (Wildman–Crippen LogP) is -0.628. The molecule has 144 valence electrons.